The summed E-state index contributed by atoms with van der Waals surface area (Å²) in [6.07, 6.45) is 0. The van der Waals surface area contributed by atoms with E-state index in [1.807, 2.05) is 0 Å². The number of anilines is 1. The number of rotatable bonds is 2. The number of nitrogen functional groups attached to an aromatic ring is 1. The highest BCUT2D eigenvalue weighted by Crippen LogP contribution is 2.25. The smallest absolute Gasteiger partial charge is 0.136 e. The molecule has 88 valence electrons. The van der Waals surface area contributed by atoms with Crippen LogP contribution in [0.3, 0.4) is 0 Å². The van der Waals surface area contributed by atoms with Crippen molar-refractivity contribution < 1.29 is 9.13 Å². The van der Waals surface area contributed by atoms with E-state index in [9.17, 15) is 4.39 Å². The first-order valence-electron chi connectivity index (χ1n) is 5.05. The van der Waals surface area contributed by atoms with Crippen LogP contribution in [0.1, 0.15) is 5.82 Å². The molecular formula is C12H12FN3O. The van der Waals surface area contributed by atoms with E-state index in [-0.39, 0.29) is 0 Å². The van der Waals surface area contributed by atoms with Gasteiger partial charge in [0, 0.05) is 17.7 Å². The number of methoxy groups -OCH3 is 1. The van der Waals surface area contributed by atoms with Gasteiger partial charge < -0.3 is 10.5 Å². The normalized spacial score (nSPS) is 10.3. The molecule has 0 aliphatic heterocycles. The summed E-state index contributed by atoms with van der Waals surface area (Å²) in [5.41, 5.74) is 6.45. The lowest BCUT2D eigenvalue weighted by Gasteiger charge is -2.06. The molecule has 2 rings (SSSR count). The van der Waals surface area contributed by atoms with Gasteiger partial charge in [0.25, 0.3) is 0 Å². The van der Waals surface area contributed by atoms with Crippen molar-refractivity contribution >= 4 is 5.82 Å². The summed E-state index contributed by atoms with van der Waals surface area (Å²) in [6, 6.07) is 6.13. The minimum absolute atomic E-state index is 0.322. The number of hydrogen-bond donors (Lipinski definition) is 1. The van der Waals surface area contributed by atoms with Crippen LogP contribution in [0.4, 0.5) is 10.2 Å². The van der Waals surface area contributed by atoms with Crippen molar-refractivity contribution in [2.75, 3.05) is 12.8 Å². The Morgan fingerprint density at radius 2 is 2.00 bits per heavy atom. The van der Waals surface area contributed by atoms with Gasteiger partial charge in [0.1, 0.15) is 23.2 Å². The van der Waals surface area contributed by atoms with E-state index in [0.717, 1.165) is 0 Å². The lowest BCUT2D eigenvalue weighted by atomic mass is 10.1. The fourth-order valence-electron chi connectivity index (χ4n) is 1.56. The van der Waals surface area contributed by atoms with E-state index in [0.29, 0.717) is 28.6 Å². The summed E-state index contributed by atoms with van der Waals surface area (Å²) in [4.78, 5) is 8.09. The molecule has 0 amide bonds. The molecule has 0 atom stereocenters. The van der Waals surface area contributed by atoms with Crippen molar-refractivity contribution in [3.05, 3.63) is 35.9 Å². The summed E-state index contributed by atoms with van der Waals surface area (Å²) >= 11 is 0. The van der Waals surface area contributed by atoms with Crippen molar-refractivity contribution in [3.8, 4) is 17.0 Å². The van der Waals surface area contributed by atoms with Gasteiger partial charge in [-0.2, -0.15) is 0 Å². The van der Waals surface area contributed by atoms with E-state index in [4.69, 9.17) is 10.5 Å². The van der Waals surface area contributed by atoms with Crippen molar-refractivity contribution in [2.45, 2.75) is 6.92 Å². The van der Waals surface area contributed by atoms with Crippen LogP contribution in [0.25, 0.3) is 11.3 Å². The monoisotopic (exact) mass is 233 g/mol. The lowest BCUT2D eigenvalue weighted by Crippen LogP contribution is -1.98. The largest absolute Gasteiger partial charge is 0.497 e. The number of ether oxygens (including phenoxy) is 1. The standard InChI is InChI=1S/C12H12FN3O/c1-7-15-11(6-12(14)16-7)9-4-3-8(17-2)5-10(9)13/h3-6H,1-2H3,(H2,14,15,16). The van der Waals surface area contributed by atoms with Gasteiger partial charge >= 0.3 is 0 Å². The molecule has 0 aliphatic carbocycles. The molecule has 5 heteroatoms. The molecule has 0 unspecified atom stereocenters. The molecule has 1 aromatic carbocycles. The van der Waals surface area contributed by atoms with Crippen LogP contribution in [-0.2, 0) is 0 Å². The van der Waals surface area contributed by atoms with Crippen LogP contribution in [0.5, 0.6) is 5.75 Å². The van der Waals surface area contributed by atoms with Gasteiger partial charge in [0.05, 0.1) is 12.8 Å². The topological polar surface area (TPSA) is 61.0 Å². The third-order valence-corrected chi connectivity index (χ3v) is 2.31. The number of benzene rings is 1. The van der Waals surface area contributed by atoms with Crippen LogP contribution in [-0.4, -0.2) is 17.1 Å². The summed E-state index contributed by atoms with van der Waals surface area (Å²) in [7, 11) is 1.49. The van der Waals surface area contributed by atoms with Crippen LogP contribution in [0.2, 0.25) is 0 Å². The Hall–Kier alpha value is -2.17. The third-order valence-electron chi connectivity index (χ3n) is 2.31. The highest BCUT2D eigenvalue weighted by molar-refractivity contribution is 5.63. The molecule has 1 aromatic heterocycles. The summed E-state index contributed by atoms with van der Waals surface area (Å²) < 4.78 is 18.7. The number of aryl methyl sites for hydroxylation is 1. The Kier molecular flexibility index (Phi) is 2.91. The molecular weight excluding hydrogens is 221 g/mol. The number of nitrogens with zero attached hydrogens (tertiary/aromatic N) is 2. The van der Waals surface area contributed by atoms with Crippen LogP contribution in [0, 0.1) is 12.7 Å². The maximum Gasteiger partial charge on any atom is 0.136 e. The SMILES string of the molecule is COc1ccc(-c2cc(N)nc(C)n2)c(F)c1. The molecule has 2 aromatic rings. The van der Waals surface area contributed by atoms with Crippen molar-refractivity contribution in [1.29, 1.82) is 0 Å². The summed E-state index contributed by atoms with van der Waals surface area (Å²) in [5.74, 6) is 0.893. The van der Waals surface area contributed by atoms with Gasteiger partial charge in [0.2, 0.25) is 0 Å². The molecule has 0 aliphatic rings. The van der Waals surface area contributed by atoms with Gasteiger partial charge in [-0.05, 0) is 19.1 Å². The number of aromatic nitrogens is 2. The minimum Gasteiger partial charge on any atom is -0.497 e. The van der Waals surface area contributed by atoms with E-state index in [1.54, 1.807) is 19.1 Å². The highest BCUT2D eigenvalue weighted by atomic mass is 19.1. The predicted molar refractivity (Wildman–Crippen MR) is 63.1 cm³/mol. The predicted octanol–water partition coefficient (Wildman–Crippen LogP) is 2.18. The van der Waals surface area contributed by atoms with Gasteiger partial charge in [-0.1, -0.05) is 0 Å². The van der Waals surface area contributed by atoms with Crippen LogP contribution in [0.15, 0.2) is 24.3 Å². The second-order valence-electron chi connectivity index (χ2n) is 3.57. The molecule has 4 nitrogen and oxygen atoms in total. The molecule has 0 fully saturated rings. The molecule has 0 spiro atoms. The minimum atomic E-state index is -0.401. The highest BCUT2D eigenvalue weighted by Gasteiger charge is 2.09. The maximum atomic E-state index is 13.8. The van der Waals surface area contributed by atoms with Gasteiger partial charge in [-0.3, -0.25) is 0 Å². The van der Waals surface area contributed by atoms with Gasteiger partial charge in [-0.15, -0.1) is 0 Å². The average Bonchev–Trinajstić information content (AvgIpc) is 2.27. The van der Waals surface area contributed by atoms with Gasteiger partial charge in [0.15, 0.2) is 0 Å². The fourth-order valence-corrected chi connectivity index (χ4v) is 1.56. The second-order valence-corrected chi connectivity index (χ2v) is 3.57. The Bertz CT molecular complexity index is 537. The zero-order chi connectivity index (χ0) is 12.4. The van der Waals surface area contributed by atoms with Crippen molar-refractivity contribution in [2.24, 2.45) is 0 Å². The number of halogens is 1. The zero-order valence-electron chi connectivity index (χ0n) is 9.57. The van der Waals surface area contributed by atoms with E-state index in [1.165, 1.54) is 19.2 Å². The Morgan fingerprint density at radius 3 is 2.59 bits per heavy atom. The fraction of sp³-hybridized carbons (Fsp3) is 0.167. The Balaban J connectivity index is 2.52. The maximum absolute atomic E-state index is 13.8. The Morgan fingerprint density at radius 1 is 1.24 bits per heavy atom. The first-order valence-corrected chi connectivity index (χ1v) is 5.05. The molecule has 0 saturated carbocycles. The number of nitrogens with two attached hydrogens (primary N) is 1. The van der Waals surface area contributed by atoms with Crippen LogP contribution < -0.4 is 10.5 Å². The quantitative estimate of drug-likeness (QED) is 0.863. The number of hydrogen-bond acceptors (Lipinski definition) is 4. The molecule has 0 bridgehead atoms. The second kappa shape index (κ2) is 4.37. The van der Waals surface area contributed by atoms with E-state index >= 15 is 0 Å². The molecule has 0 radical (unpaired) electrons. The molecule has 0 saturated heterocycles. The van der Waals surface area contributed by atoms with E-state index in [2.05, 4.69) is 9.97 Å². The summed E-state index contributed by atoms with van der Waals surface area (Å²) in [6.45, 7) is 1.71. The van der Waals surface area contributed by atoms with Crippen molar-refractivity contribution in [3.63, 3.8) is 0 Å². The first kappa shape index (κ1) is 11.3. The Labute approximate surface area is 98.3 Å². The average molecular weight is 233 g/mol. The van der Waals surface area contributed by atoms with Gasteiger partial charge in [-0.25, -0.2) is 14.4 Å². The van der Waals surface area contributed by atoms with E-state index < -0.39 is 5.82 Å². The molecule has 2 N–H and O–H groups in total. The summed E-state index contributed by atoms with van der Waals surface area (Å²) in [5, 5.41) is 0. The lowest BCUT2D eigenvalue weighted by molar-refractivity contribution is 0.411. The third kappa shape index (κ3) is 2.33. The van der Waals surface area contributed by atoms with Crippen LogP contribution >= 0.6 is 0 Å². The molecule has 17 heavy (non-hydrogen) atoms. The first-order chi connectivity index (χ1) is 8.10. The zero-order valence-corrected chi connectivity index (χ0v) is 9.57. The molecule has 1 heterocycles. The van der Waals surface area contributed by atoms with Crippen molar-refractivity contribution in [1.82, 2.24) is 9.97 Å².